The summed E-state index contributed by atoms with van der Waals surface area (Å²) < 4.78 is 16.2. The molecule has 0 aliphatic carbocycles. The zero-order chi connectivity index (χ0) is 6.24. The van der Waals surface area contributed by atoms with Gasteiger partial charge in [0.15, 0.2) is 0 Å². The van der Waals surface area contributed by atoms with Gasteiger partial charge in [-0.15, -0.1) is 0 Å². The van der Waals surface area contributed by atoms with E-state index in [1.807, 2.05) is 0 Å². The van der Waals surface area contributed by atoms with Gasteiger partial charge in [0, 0.05) is 13.2 Å². The van der Waals surface area contributed by atoms with Crippen LogP contribution in [0, 0.1) is 0 Å². The monoisotopic (exact) mass is 121 g/mol. The van der Waals surface area contributed by atoms with E-state index in [1.54, 1.807) is 0 Å². The number of nitrogens with two attached hydrogens (primary N) is 1. The summed E-state index contributed by atoms with van der Waals surface area (Å²) in [7, 11) is 0. The Kier molecular flexibility index (Phi) is 6.72. The van der Waals surface area contributed by atoms with Gasteiger partial charge in [0.2, 0.25) is 0 Å². The normalized spacial score (nSPS) is 9.75. The standard InChI is InChI=1S/C5H12FNO/c6-2-1-4-8-5-3-7/h1-5,7H2. The Morgan fingerprint density at radius 3 is 2.62 bits per heavy atom. The minimum Gasteiger partial charge on any atom is -0.380 e. The summed E-state index contributed by atoms with van der Waals surface area (Å²) in [6.07, 6.45) is 0.486. The van der Waals surface area contributed by atoms with Gasteiger partial charge in [-0.05, 0) is 6.42 Å². The molecule has 0 aromatic carbocycles. The second-order valence-corrected chi connectivity index (χ2v) is 1.44. The molecular weight excluding hydrogens is 109 g/mol. The maximum absolute atomic E-state index is 11.3. The van der Waals surface area contributed by atoms with E-state index in [2.05, 4.69) is 0 Å². The minimum absolute atomic E-state index is 0.301. The molecule has 0 aromatic rings. The van der Waals surface area contributed by atoms with E-state index >= 15 is 0 Å². The second-order valence-electron chi connectivity index (χ2n) is 1.44. The number of rotatable bonds is 5. The fraction of sp³-hybridized carbons (Fsp3) is 1.00. The highest BCUT2D eigenvalue weighted by Crippen LogP contribution is 1.81. The van der Waals surface area contributed by atoms with Crippen LogP contribution < -0.4 is 5.73 Å². The molecule has 0 saturated carbocycles. The molecule has 0 atom stereocenters. The van der Waals surface area contributed by atoms with Crippen LogP contribution in [0.25, 0.3) is 0 Å². The highest BCUT2D eigenvalue weighted by atomic mass is 19.1. The lowest BCUT2D eigenvalue weighted by Gasteiger charge is -1.96. The van der Waals surface area contributed by atoms with Crippen molar-refractivity contribution in [1.82, 2.24) is 0 Å². The zero-order valence-electron chi connectivity index (χ0n) is 4.90. The van der Waals surface area contributed by atoms with Crippen molar-refractivity contribution >= 4 is 0 Å². The summed E-state index contributed by atoms with van der Waals surface area (Å²) in [5.41, 5.74) is 5.09. The molecule has 0 aliphatic heterocycles. The summed E-state index contributed by atoms with van der Waals surface area (Å²) in [4.78, 5) is 0. The van der Waals surface area contributed by atoms with Crippen molar-refractivity contribution in [3.63, 3.8) is 0 Å². The molecular formula is C5H12FNO. The van der Waals surface area contributed by atoms with E-state index in [9.17, 15) is 4.39 Å². The van der Waals surface area contributed by atoms with E-state index in [1.165, 1.54) is 0 Å². The van der Waals surface area contributed by atoms with Crippen molar-refractivity contribution in [2.45, 2.75) is 6.42 Å². The minimum atomic E-state index is -0.301. The van der Waals surface area contributed by atoms with Gasteiger partial charge >= 0.3 is 0 Å². The number of halogens is 1. The molecule has 0 aliphatic rings. The summed E-state index contributed by atoms with van der Waals surface area (Å²) in [6, 6.07) is 0. The third-order valence-corrected chi connectivity index (χ3v) is 0.684. The fourth-order valence-electron chi connectivity index (χ4n) is 0.342. The van der Waals surface area contributed by atoms with E-state index < -0.39 is 0 Å². The van der Waals surface area contributed by atoms with Gasteiger partial charge in [0.05, 0.1) is 13.3 Å². The first-order valence-electron chi connectivity index (χ1n) is 2.75. The molecule has 2 N–H and O–H groups in total. The van der Waals surface area contributed by atoms with Crippen LogP contribution in [0.5, 0.6) is 0 Å². The third-order valence-electron chi connectivity index (χ3n) is 0.684. The van der Waals surface area contributed by atoms with Crippen LogP contribution in [0.2, 0.25) is 0 Å². The van der Waals surface area contributed by atoms with E-state index in [0.717, 1.165) is 0 Å². The predicted octanol–water partition coefficient (Wildman–Crippen LogP) is 0.321. The Balaban J connectivity index is 2.53. The Bertz CT molecular complexity index is 37.4. The number of ether oxygens (including phenoxy) is 1. The third kappa shape index (κ3) is 5.85. The van der Waals surface area contributed by atoms with Crippen LogP contribution in [-0.4, -0.2) is 26.4 Å². The molecule has 8 heavy (non-hydrogen) atoms. The van der Waals surface area contributed by atoms with Gasteiger partial charge in [0.1, 0.15) is 0 Å². The van der Waals surface area contributed by atoms with Gasteiger partial charge in [0.25, 0.3) is 0 Å². The summed E-state index contributed by atoms with van der Waals surface area (Å²) in [5.74, 6) is 0. The summed E-state index contributed by atoms with van der Waals surface area (Å²) in [6.45, 7) is 1.25. The van der Waals surface area contributed by atoms with Crippen molar-refractivity contribution in [2.24, 2.45) is 5.73 Å². The first kappa shape index (κ1) is 7.85. The molecule has 0 spiro atoms. The number of alkyl halides is 1. The number of hydrogen-bond donors (Lipinski definition) is 1. The first-order valence-corrected chi connectivity index (χ1v) is 2.75. The molecule has 0 rings (SSSR count). The Labute approximate surface area is 48.8 Å². The first-order chi connectivity index (χ1) is 3.91. The van der Waals surface area contributed by atoms with Crippen molar-refractivity contribution in [3.8, 4) is 0 Å². The lowest BCUT2D eigenvalue weighted by atomic mass is 10.5. The van der Waals surface area contributed by atoms with E-state index in [-0.39, 0.29) is 6.67 Å². The lowest BCUT2D eigenvalue weighted by Crippen LogP contribution is -2.09. The van der Waals surface area contributed by atoms with Crippen molar-refractivity contribution < 1.29 is 9.13 Å². The highest BCUT2D eigenvalue weighted by Gasteiger charge is 1.83. The van der Waals surface area contributed by atoms with Crippen LogP contribution in [-0.2, 0) is 4.74 Å². The van der Waals surface area contributed by atoms with Crippen LogP contribution in [0.15, 0.2) is 0 Å². The Morgan fingerprint density at radius 1 is 1.38 bits per heavy atom. The van der Waals surface area contributed by atoms with Crippen molar-refractivity contribution in [2.75, 3.05) is 26.4 Å². The molecule has 0 fully saturated rings. The molecule has 2 nitrogen and oxygen atoms in total. The number of hydrogen-bond acceptors (Lipinski definition) is 2. The SMILES string of the molecule is NCCOCCCF. The van der Waals surface area contributed by atoms with Gasteiger partial charge < -0.3 is 10.5 Å². The molecule has 0 bridgehead atoms. The zero-order valence-corrected chi connectivity index (χ0v) is 4.90. The maximum Gasteiger partial charge on any atom is 0.0916 e. The van der Waals surface area contributed by atoms with Crippen LogP contribution >= 0.6 is 0 Å². The van der Waals surface area contributed by atoms with E-state index in [0.29, 0.717) is 26.2 Å². The maximum atomic E-state index is 11.3. The molecule has 0 amide bonds. The molecule has 0 saturated heterocycles. The lowest BCUT2D eigenvalue weighted by molar-refractivity contribution is 0.133. The molecule has 50 valence electrons. The Hall–Kier alpha value is -0.150. The van der Waals surface area contributed by atoms with Crippen LogP contribution in [0.4, 0.5) is 4.39 Å². The predicted molar refractivity (Wildman–Crippen MR) is 30.5 cm³/mol. The smallest absolute Gasteiger partial charge is 0.0916 e. The van der Waals surface area contributed by atoms with Gasteiger partial charge in [-0.25, -0.2) is 0 Å². The van der Waals surface area contributed by atoms with Crippen molar-refractivity contribution in [3.05, 3.63) is 0 Å². The quantitative estimate of drug-likeness (QED) is 0.532. The Morgan fingerprint density at radius 2 is 2.12 bits per heavy atom. The van der Waals surface area contributed by atoms with Gasteiger partial charge in [-0.1, -0.05) is 0 Å². The largest absolute Gasteiger partial charge is 0.380 e. The van der Waals surface area contributed by atoms with Gasteiger partial charge in [-0.2, -0.15) is 0 Å². The van der Waals surface area contributed by atoms with Crippen LogP contribution in [0.1, 0.15) is 6.42 Å². The summed E-state index contributed by atoms with van der Waals surface area (Å²) in [5, 5.41) is 0. The van der Waals surface area contributed by atoms with Crippen molar-refractivity contribution in [1.29, 1.82) is 0 Å². The molecule has 0 heterocycles. The average Bonchev–Trinajstić information content (AvgIpc) is 1.81. The molecule has 0 radical (unpaired) electrons. The topological polar surface area (TPSA) is 35.2 Å². The van der Waals surface area contributed by atoms with Crippen LogP contribution in [0.3, 0.4) is 0 Å². The van der Waals surface area contributed by atoms with Gasteiger partial charge in [-0.3, -0.25) is 4.39 Å². The second kappa shape index (κ2) is 6.85. The average molecular weight is 121 g/mol. The fourth-order valence-corrected chi connectivity index (χ4v) is 0.342. The molecule has 0 aromatic heterocycles. The molecule has 0 unspecified atom stereocenters. The summed E-state index contributed by atoms with van der Waals surface area (Å²) >= 11 is 0. The highest BCUT2D eigenvalue weighted by molar-refractivity contribution is 4.33. The molecule has 3 heteroatoms. The van der Waals surface area contributed by atoms with E-state index in [4.69, 9.17) is 10.5 Å².